The average molecular weight is 366 g/mol. The molecule has 1 aliphatic rings. The minimum absolute atomic E-state index is 0.139. The molecular weight excluding hydrogens is 345 g/mol. The van der Waals surface area contributed by atoms with Gasteiger partial charge in [0.1, 0.15) is 6.54 Å². The smallest absolute Gasteiger partial charge is 0.331 e. The molecule has 1 unspecified atom stereocenters. The van der Waals surface area contributed by atoms with Crippen LogP contribution in [0.3, 0.4) is 0 Å². The van der Waals surface area contributed by atoms with Gasteiger partial charge < -0.3 is 10.2 Å². The fourth-order valence-electron chi connectivity index (χ4n) is 3.11. The molecule has 1 N–H and O–H groups in total. The summed E-state index contributed by atoms with van der Waals surface area (Å²) in [5.41, 5.74) is 1.24. The Hall–Kier alpha value is -2.35. The Morgan fingerprint density at radius 2 is 2.00 bits per heavy atom. The summed E-state index contributed by atoms with van der Waals surface area (Å²) in [4.78, 5) is 14.4. The van der Waals surface area contributed by atoms with Crippen molar-refractivity contribution in [3.05, 3.63) is 53.3 Å². The highest BCUT2D eigenvalue weighted by Gasteiger charge is 2.34. The van der Waals surface area contributed by atoms with Crippen molar-refractivity contribution >= 4 is 5.91 Å². The maximum atomic E-state index is 12.7. The van der Waals surface area contributed by atoms with Gasteiger partial charge in [0.15, 0.2) is 5.69 Å². The molecule has 140 valence electrons. The van der Waals surface area contributed by atoms with Crippen molar-refractivity contribution in [1.29, 1.82) is 0 Å². The summed E-state index contributed by atoms with van der Waals surface area (Å²) in [6.45, 7) is 3.64. The largest absolute Gasteiger partial charge is 0.435 e. The Morgan fingerprint density at radius 3 is 2.62 bits per heavy atom. The molecule has 0 bridgehead atoms. The molecule has 1 aromatic carbocycles. The van der Waals surface area contributed by atoms with Gasteiger partial charge in [-0.05, 0) is 23.6 Å². The van der Waals surface area contributed by atoms with Crippen LogP contribution in [0.25, 0.3) is 0 Å². The Labute approximate surface area is 149 Å². The lowest BCUT2D eigenvalue weighted by Crippen LogP contribution is -2.49. The number of rotatable bonds is 4. The first kappa shape index (κ1) is 18.4. The predicted octanol–water partition coefficient (Wildman–Crippen LogP) is 2.64. The Bertz CT molecular complexity index is 755. The second-order valence-electron chi connectivity index (χ2n) is 6.30. The van der Waals surface area contributed by atoms with Crippen molar-refractivity contribution in [2.75, 3.05) is 19.6 Å². The molecule has 26 heavy (non-hydrogen) atoms. The molecule has 1 aromatic heterocycles. The van der Waals surface area contributed by atoms with Gasteiger partial charge in [0.05, 0.1) is 6.04 Å². The second-order valence-corrected chi connectivity index (χ2v) is 6.30. The highest BCUT2D eigenvalue weighted by Crippen LogP contribution is 2.27. The van der Waals surface area contributed by atoms with Gasteiger partial charge in [-0.3, -0.25) is 9.48 Å². The number of carbonyl (C=O) groups excluding carboxylic acids is 1. The van der Waals surface area contributed by atoms with E-state index in [2.05, 4.69) is 17.3 Å². The number of hydrogen-bond acceptors (Lipinski definition) is 3. The number of amides is 1. The van der Waals surface area contributed by atoms with Crippen molar-refractivity contribution in [1.82, 2.24) is 20.0 Å². The van der Waals surface area contributed by atoms with Crippen LogP contribution in [0.2, 0.25) is 0 Å². The number of alkyl halides is 3. The standard InChI is InChI=1S/C18H21F3N4O/c1-2-13-3-5-14(6-4-13)15-11-22-8-10-25(15)17(26)12-24-9-7-16(23-24)18(19,20)21/h3-7,9,15,22H,2,8,10-12H2,1H3. The van der Waals surface area contributed by atoms with Crippen LogP contribution in [0, 0.1) is 0 Å². The fraction of sp³-hybridized carbons (Fsp3) is 0.444. The molecule has 1 saturated heterocycles. The second kappa shape index (κ2) is 7.49. The van der Waals surface area contributed by atoms with Crippen LogP contribution in [0.15, 0.2) is 36.5 Å². The lowest BCUT2D eigenvalue weighted by Gasteiger charge is -2.36. The highest BCUT2D eigenvalue weighted by molar-refractivity contribution is 5.76. The van der Waals surface area contributed by atoms with Crippen molar-refractivity contribution in [3.63, 3.8) is 0 Å². The topological polar surface area (TPSA) is 50.2 Å². The molecule has 2 aromatic rings. The summed E-state index contributed by atoms with van der Waals surface area (Å²) in [6, 6.07) is 8.83. The minimum Gasteiger partial charge on any atom is -0.331 e. The Balaban J connectivity index is 1.74. The van der Waals surface area contributed by atoms with E-state index in [1.54, 1.807) is 4.90 Å². The monoisotopic (exact) mass is 366 g/mol. The summed E-state index contributed by atoms with van der Waals surface area (Å²) < 4.78 is 39.0. The zero-order valence-electron chi connectivity index (χ0n) is 14.5. The van der Waals surface area contributed by atoms with Crippen LogP contribution in [0.4, 0.5) is 13.2 Å². The Kier molecular flexibility index (Phi) is 5.31. The summed E-state index contributed by atoms with van der Waals surface area (Å²) in [5, 5.41) is 6.73. The molecule has 1 aliphatic heterocycles. The molecule has 1 atom stereocenters. The van der Waals surface area contributed by atoms with Crippen LogP contribution >= 0.6 is 0 Å². The van der Waals surface area contributed by atoms with Gasteiger partial charge in [-0.2, -0.15) is 18.3 Å². The SMILES string of the molecule is CCc1ccc(C2CNCCN2C(=O)Cn2ccc(C(F)(F)F)n2)cc1. The molecule has 0 saturated carbocycles. The third-order valence-corrected chi connectivity index (χ3v) is 4.56. The van der Waals surface area contributed by atoms with E-state index in [1.165, 1.54) is 11.8 Å². The van der Waals surface area contributed by atoms with Gasteiger partial charge in [0, 0.05) is 25.8 Å². The molecule has 5 nitrogen and oxygen atoms in total. The number of hydrogen-bond donors (Lipinski definition) is 1. The first-order valence-corrected chi connectivity index (χ1v) is 8.58. The maximum Gasteiger partial charge on any atom is 0.435 e. The van der Waals surface area contributed by atoms with Gasteiger partial charge in [-0.15, -0.1) is 0 Å². The summed E-state index contributed by atoms with van der Waals surface area (Å²) in [7, 11) is 0. The van der Waals surface area contributed by atoms with Crippen LogP contribution in [0.1, 0.15) is 29.8 Å². The number of halogens is 3. The summed E-state index contributed by atoms with van der Waals surface area (Å²) in [6.07, 6.45) is -2.38. The molecule has 0 radical (unpaired) electrons. The van der Waals surface area contributed by atoms with Crippen LogP contribution in [-0.2, 0) is 23.9 Å². The number of piperazine rings is 1. The molecule has 8 heteroatoms. The van der Waals surface area contributed by atoms with E-state index in [1.807, 2.05) is 24.3 Å². The first-order valence-electron chi connectivity index (χ1n) is 8.58. The molecule has 1 amide bonds. The van der Waals surface area contributed by atoms with E-state index in [-0.39, 0.29) is 18.5 Å². The third-order valence-electron chi connectivity index (χ3n) is 4.56. The zero-order chi connectivity index (χ0) is 18.7. The van der Waals surface area contributed by atoms with Gasteiger partial charge in [-0.25, -0.2) is 0 Å². The quantitative estimate of drug-likeness (QED) is 0.905. The molecule has 0 spiro atoms. The van der Waals surface area contributed by atoms with Crippen molar-refractivity contribution in [2.45, 2.75) is 32.1 Å². The fourth-order valence-corrected chi connectivity index (χ4v) is 3.11. The van der Waals surface area contributed by atoms with E-state index in [4.69, 9.17) is 0 Å². The number of nitrogens with one attached hydrogen (secondary N) is 1. The predicted molar refractivity (Wildman–Crippen MR) is 90.4 cm³/mol. The molecule has 3 rings (SSSR count). The summed E-state index contributed by atoms with van der Waals surface area (Å²) >= 11 is 0. The number of aryl methyl sites for hydroxylation is 1. The molecule has 1 fully saturated rings. The van der Waals surface area contributed by atoms with Crippen molar-refractivity contribution in [2.24, 2.45) is 0 Å². The lowest BCUT2D eigenvalue weighted by molar-refractivity contribution is -0.142. The maximum absolute atomic E-state index is 12.7. The van der Waals surface area contributed by atoms with Gasteiger partial charge in [-0.1, -0.05) is 31.2 Å². The zero-order valence-corrected chi connectivity index (χ0v) is 14.5. The number of benzene rings is 1. The minimum atomic E-state index is -4.51. The summed E-state index contributed by atoms with van der Waals surface area (Å²) in [5.74, 6) is -0.243. The van der Waals surface area contributed by atoms with Crippen LogP contribution < -0.4 is 5.32 Å². The normalized spacial score (nSPS) is 18.2. The molecular formula is C18H21F3N4O. The average Bonchev–Trinajstić information content (AvgIpc) is 3.11. The van der Waals surface area contributed by atoms with E-state index >= 15 is 0 Å². The van der Waals surface area contributed by atoms with Crippen molar-refractivity contribution in [3.8, 4) is 0 Å². The third kappa shape index (κ3) is 4.07. The van der Waals surface area contributed by atoms with E-state index in [9.17, 15) is 18.0 Å². The van der Waals surface area contributed by atoms with Gasteiger partial charge in [0.25, 0.3) is 0 Å². The van der Waals surface area contributed by atoms with E-state index in [0.29, 0.717) is 19.6 Å². The van der Waals surface area contributed by atoms with Crippen molar-refractivity contribution < 1.29 is 18.0 Å². The van der Waals surface area contributed by atoms with Crippen LogP contribution in [0.5, 0.6) is 0 Å². The van der Waals surface area contributed by atoms with Gasteiger partial charge >= 0.3 is 6.18 Å². The number of carbonyl (C=O) groups is 1. The molecule has 0 aliphatic carbocycles. The van der Waals surface area contributed by atoms with Crippen LogP contribution in [-0.4, -0.2) is 40.2 Å². The number of nitrogens with zero attached hydrogens (tertiary/aromatic N) is 3. The van der Waals surface area contributed by atoms with Gasteiger partial charge in [0.2, 0.25) is 5.91 Å². The lowest BCUT2D eigenvalue weighted by atomic mass is 10.0. The van der Waals surface area contributed by atoms with E-state index < -0.39 is 11.9 Å². The first-order chi connectivity index (χ1) is 12.4. The highest BCUT2D eigenvalue weighted by atomic mass is 19.4. The van der Waals surface area contributed by atoms with E-state index in [0.717, 1.165) is 22.7 Å². The Morgan fingerprint density at radius 1 is 1.27 bits per heavy atom. The number of aromatic nitrogens is 2. The molecule has 2 heterocycles.